The Morgan fingerprint density at radius 3 is 1.64 bits per heavy atom. The summed E-state index contributed by atoms with van der Waals surface area (Å²) < 4.78 is 0. The first-order chi connectivity index (χ1) is 12.1. The average Bonchev–Trinajstić information content (AvgIpc) is 2.73. The fourth-order valence-electron chi connectivity index (χ4n) is 4.77. The highest BCUT2D eigenvalue weighted by Gasteiger charge is 2.30. The summed E-state index contributed by atoms with van der Waals surface area (Å²) in [6, 6.07) is 8.73. The molecule has 130 valence electrons. The largest absolute Gasteiger partial charge is 0.334 e. The van der Waals surface area contributed by atoms with Crippen molar-refractivity contribution in [1.29, 1.82) is 0 Å². The third kappa shape index (κ3) is 2.63. The molecule has 2 aromatic carbocycles. The number of hydrogen-bond acceptors (Lipinski definition) is 1. The molecule has 2 aromatic rings. The van der Waals surface area contributed by atoms with Gasteiger partial charge in [-0.2, -0.15) is 0 Å². The maximum absolute atomic E-state index is 10.8. The normalized spacial score (nSPS) is 20.0. The molecule has 0 bridgehead atoms. The molecule has 3 nitrogen and oxygen atoms in total. The van der Waals surface area contributed by atoms with E-state index in [-0.39, 0.29) is 0 Å². The minimum atomic E-state index is -2.83. The summed E-state index contributed by atoms with van der Waals surface area (Å²) >= 11 is 5.49. The number of fused-ring (bicyclic) bond motifs is 7. The number of nitrogens with one attached hydrogen (secondary N) is 2. The average molecular weight is 370 g/mol. The SMILES string of the molecule is OP1(=S)Nc2ccc3c(c2-c2c(ccc4c2CCCC4)N1)CCCC3. The van der Waals surface area contributed by atoms with E-state index in [1.165, 1.54) is 59.1 Å². The Hall–Kier alpha value is -1.35. The molecule has 2 aliphatic carbocycles. The molecular formula is C20H23N2OPS. The van der Waals surface area contributed by atoms with Crippen molar-refractivity contribution in [1.82, 2.24) is 0 Å². The van der Waals surface area contributed by atoms with Crippen LogP contribution in [0.2, 0.25) is 0 Å². The predicted molar refractivity (Wildman–Crippen MR) is 109 cm³/mol. The Labute approximate surface area is 154 Å². The molecule has 1 aliphatic heterocycles. The van der Waals surface area contributed by atoms with E-state index in [0.29, 0.717) is 0 Å². The second-order valence-electron chi connectivity index (χ2n) is 7.47. The molecule has 0 saturated carbocycles. The lowest BCUT2D eigenvalue weighted by Gasteiger charge is -2.26. The van der Waals surface area contributed by atoms with Gasteiger partial charge in [0.15, 0.2) is 0 Å². The van der Waals surface area contributed by atoms with Crippen LogP contribution in [0.15, 0.2) is 24.3 Å². The third-order valence-corrected chi connectivity index (χ3v) is 7.50. The standard InChI is InChI=1S/C20H23N2OPS/c23-24(25)21-17-11-9-13-5-1-3-7-15(13)19(17)20-16-8-4-2-6-14(16)10-12-18(20)22-24/h9-12H,1-8H2,(H3,21,22,23,25). The van der Waals surface area contributed by atoms with Crippen LogP contribution in [0.4, 0.5) is 11.4 Å². The fourth-order valence-corrected chi connectivity index (χ4v) is 6.44. The topological polar surface area (TPSA) is 44.3 Å². The van der Waals surface area contributed by atoms with Crippen molar-refractivity contribution in [2.45, 2.75) is 51.4 Å². The van der Waals surface area contributed by atoms with E-state index in [1.54, 1.807) is 0 Å². The fraction of sp³-hybridized carbons (Fsp3) is 0.400. The molecule has 0 aromatic heterocycles. The van der Waals surface area contributed by atoms with Gasteiger partial charge >= 0.3 is 0 Å². The van der Waals surface area contributed by atoms with Crippen molar-refractivity contribution in [3.8, 4) is 11.1 Å². The van der Waals surface area contributed by atoms with Crippen LogP contribution in [0.1, 0.15) is 47.9 Å². The van der Waals surface area contributed by atoms with Gasteiger partial charge in [-0.25, -0.2) is 0 Å². The number of benzene rings is 2. The molecule has 3 aliphatic rings. The van der Waals surface area contributed by atoms with Gasteiger partial charge in [-0.1, -0.05) is 12.1 Å². The van der Waals surface area contributed by atoms with E-state index in [0.717, 1.165) is 37.1 Å². The minimum Gasteiger partial charge on any atom is -0.334 e. The van der Waals surface area contributed by atoms with Gasteiger partial charge in [0, 0.05) is 22.5 Å². The third-order valence-electron chi connectivity index (χ3n) is 5.86. The van der Waals surface area contributed by atoms with Crippen LogP contribution in [0.5, 0.6) is 0 Å². The molecule has 0 atom stereocenters. The van der Waals surface area contributed by atoms with Crippen LogP contribution >= 0.6 is 6.57 Å². The van der Waals surface area contributed by atoms with Gasteiger partial charge in [-0.3, -0.25) is 0 Å². The first-order valence-electron chi connectivity index (χ1n) is 9.32. The van der Waals surface area contributed by atoms with Crippen molar-refractivity contribution in [3.63, 3.8) is 0 Å². The van der Waals surface area contributed by atoms with Crippen molar-refractivity contribution in [2.24, 2.45) is 0 Å². The Kier molecular flexibility index (Phi) is 3.70. The molecule has 0 radical (unpaired) electrons. The van der Waals surface area contributed by atoms with Crippen LogP contribution in [0.25, 0.3) is 11.1 Å². The summed E-state index contributed by atoms with van der Waals surface area (Å²) in [6.45, 7) is -2.83. The van der Waals surface area contributed by atoms with E-state index >= 15 is 0 Å². The second-order valence-corrected chi connectivity index (χ2v) is 10.7. The summed E-state index contributed by atoms with van der Waals surface area (Å²) in [5, 5.41) is 6.55. The van der Waals surface area contributed by atoms with Crippen LogP contribution in [0, 0.1) is 0 Å². The summed E-state index contributed by atoms with van der Waals surface area (Å²) in [4.78, 5) is 10.8. The number of rotatable bonds is 0. The smallest absolute Gasteiger partial charge is 0.246 e. The van der Waals surface area contributed by atoms with E-state index in [4.69, 9.17) is 11.8 Å². The van der Waals surface area contributed by atoms with Gasteiger partial charge in [0.2, 0.25) is 6.57 Å². The summed E-state index contributed by atoms with van der Waals surface area (Å²) in [5.74, 6) is 0. The van der Waals surface area contributed by atoms with E-state index in [9.17, 15) is 4.89 Å². The van der Waals surface area contributed by atoms with Gasteiger partial charge in [0.25, 0.3) is 0 Å². The van der Waals surface area contributed by atoms with Crippen molar-refractivity contribution >= 4 is 29.7 Å². The zero-order valence-electron chi connectivity index (χ0n) is 14.3. The van der Waals surface area contributed by atoms with Crippen LogP contribution in [-0.2, 0) is 37.5 Å². The van der Waals surface area contributed by atoms with E-state index < -0.39 is 6.57 Å². The number of hydrogen-bond donors (Lipinski definition) is 3. The van der Waals surface area contributed by atoms with Crippen LogP contribution < -0.4 is 10.2 Å². The highest BCUT2D eigenvalue weighted by Crippen LogP contribution is 2.54. The first-order valence-corrected chi connectivity index (χ1v) is 12.1. The van der Waals surface area contributed by atoms with Crippen LogP contribution in [-0.4, -0.2) is 4.89 Å². The highest BCUT2D eigenvalue weighted by molar-refractivity contribution is 8.13. The Morgan fingerprint density at radius 1 is 0.720 bits per heavy atom. The lowest BCUT2D eigenvalue weighted by Crippen LogP contribution is -2.09. The number of aryl methyl sites for hydroxylation is 2. The predicted octanol–water partition coefficient (Wildman–Crippen LogP) is 5.17. The molecule has 0 spiro atoms. The van der Waals surface area contributed by atoms with Gasteiger partial charge in [0.05, 0.1) is 0 Å². The molecule has 5 heteroatoms. The summed E-state index contributed by atoms with van der Waals surface area (Å²) in [7, 11) is 0. The summed E-state index contributed by atoms with van der Waals surface area (Å²) in [5.41, 5.74) is 10.5. The quantitative estimate of drug-likeness (QED) is 0.560. The lowest BCUT2D eigenvalue weighted by molar-refractivity contribution is 0.633. The second kappa shape index (κ2) is 5.84. The van der Waals surface area contributed by atoms with Crippen LogP contribution in [0.3, 0.4) is 0 Å². The molecular weight excluding hydrogens is 347 g/mol. The Bertz CT molecular complexity index is 853. The summed E-state index contributed by atoms with van der Waals surface area (Å²) in [6.07, 6.45) is 9.60. The first kappa shape index (κ1) is 15.9. The van der Waals surface area contributed by atoms with Crippen molar-refractivity contribution in [3.05, 3.63) is 46.5 Å². The van der Waals surface area contributed by atoms with Gasteiger partial charge in [0.1, 0.15) is 0 Å². The van der Waals surface area contributed by atoms with Crippen molar-refractivity contribution < 1.29 is 4.89 Å². The van der Waals surface area contributed by atoms with Crippen molar-refractivity contribution in [2.75, 3.05) is 10.2 Å². The minimum absolute atomic E-state index is 1.01. The molecule has 0 fully saturated rings. The molecule has 0 saturated heterocycles. The monoisotopic (exact) mass is 370 g/mol. The number of anilines is 2. The lowest BCUT2D eigenvalue weighted by atomic mass is 9.79. The van der Waals surface area contributed by atoms with E-state index in [1.807, 2.05) is 0 Å². The zero-order chi connectivity index (χ0) is 17.0. The zero-order valence-corrected chi connectivity index (χ0v) is 16.0. The molecule has 5 rings (SSSR count). The van der Waals surface area contributed by atoms with Gasteiger partial charge in [-0.05, 0) is 97.6 Å². The molecule has 0 unspecified atom stereocenters. The molecule has 3 N–H and O–H groups in total. The van der Waals surface area contributed by atoms with E-state index in [2.05, 4.69) is 34.4 Å². The molecule has 0 amide bonds. The molecule has 1 heterocycles. The Balaban J connectivity index is 1.86. The molecule has 25 heavy (non-hydrogen) atoms. The maximum Gasteiger partial charge on any atom is 0.246 e. The van der Waals surface area contributed by atoms with Gasteiger partial charge < -0.3 is 15.1 Å². The maximum atomic E-state index is 10.8. The van der Waals surface area contributed by atoms with Gasteiger partial charge in [-0.15, -0.1) is 0 Å². The highest BCUT2D eigenvalue weighted by atomic mass is 32.4. The Morgan fingerprint density at radius 2 is 1.16 bits per heavy atom.